The summed E-state index contributed by atoms with van der Waals surface area (Å²) >= 11 is 0. The predicted octanol–water partition coefficient (Wildman–Crippen LogP) is 4.38. The summed E-state index contributed by atoms with van der Waals surface area (Å²) in [6.07, 6.45) is 3.75. The molecule has 1 unspecified atom stereocenters. The Morgan fingerprint density at radius 2 is 1.76 bits per heavy atom. The van der Waals surface area contributed by atoms with Crippen molar-refractivity contribution in [3.05, 3.63) is 82.3 Å². The summed E-state index contributed by atoms with van der Waals surface area (Å²) in [6.45, 7) is 3.99. The Morgan fingerprint density at radius 3 is 2.47 bits per heavy atom. The first-order valence-corrected chi connectivity index (χ1v) is 12.9. The SMILES string of the molecule is CC#CCn1c(N2CCCC(N)C2)nc2ccn(Cc3c(C#N)c4ccccc4c4ccccc34)c(=O)c21. The van der Waals surface area contributed by atoms with E-state index in [1.54, 1.807) is 17.7 Å². The molecule has 188 valence electrons. The lowest BCUT2D eigenvalue weighted by Gasteiger charge is -2.31. The molecule has 3 aromatic carbocycles. The largest absolute Gasteiger partial charge is 0.341 e. The third-order valence-corrected chi connectivity index (χ3v) is 7.49. The maximum atomic E-state index is 14.0. The fourth-order valence-electron chi connectivity index (χ4n) is 5.71. The van der Waals surface area contributed by atoms with Crippen LogP contribution in [0.2, 0.25) is 0 Å². The van der Waals surface area contributed by atoms with Crippen LogP contribution in [0.1, 0.15) is 30.9 Å². The predicted molar refractivity (Wildman–Crippen MR) is 152 cm³/mol. The topological polar surface area (TPSA) is 92.9 Å². The van der Waals surface area contributed by atoms with E-state index in [1.807, 2.05) is 53.1 Å². The summed E-state index contributed by atoms with van der Waals surface area (Å²) in [7, 11) is 0. The summed E-state index contributed by atoms with van der Waals surface area (Å²) in [4.78, 5) is 21.0. The van der Waals surface area contributed by atoms with Crippen molar-refractivity contribution in [2.45, 2.75) is 38.9 Å². The molecule has 7 nitrogen and oxygen atoms in total. The van der Waals surface area contributed by atoms with Gasteiger partial charge in [0.25, 0.3) is 5.56 Å². The van der Waals surface area contributed by atoms with E-state index in [1.165, 1.54) is 0 Å². The Morgan fingerprint density at radius 1 is 1.05 bits per heavy atom. The van der Waals surface area contributed by atoms with Gasteiger partial charge in [-0.1, -0.05) is 54.5 Å². The lowest BCUT2D eigenvalue weighted by Crippen LogP contribution is -2.44. The average Bonchev–Trinajstić information content (AvgIpc) is 3.32. The monoisotopic (exact) mass is 500 g/mol. The molecule has 6 rings (SSSR count). The van der Waals surface area contributed by atoms with Crippen LogP contribution in [0.15, 0.2) is 65.6 Å². The molecule has 0 aliphatic carbocycles. The molecule has 0 radical (unpaired) electrons. The standard InChI is InChI=1S/C31H28N6O/c1-2-3-16-37-29-28(34-31(37)36-15-8-9-21(33)19-36)14-17-35(30(29)38)20-27-25-13-7-5-11-23(25)22-10-4-6-12-24(22)26(27)18-32/h4-7,10-14,17,21H,8-9,15-16,19-20,33H2,1H3. The number of pyridine rings is 1. The van der Waals surface area contributed by atoms with E-state index in [-0.39, 0.29) is 18.1 Å². The van der Waals surface area contributed by atoms with E-state index in [0.29, 0.717) is 29.7 Å². The molecule has 7 heteroatoms. The lowest BCUT2D eigenvalue weighted by molar-refractivity contribution is 0.496. The summed E-state index contributed by atoms with van der Waals surface area (Å²) in [5.41, 5.74) is 8.71. The highest BCUT2D eigenvalue weighted by molar-refractivity contribution is 6.11. The quantitative estimate of drug-likeness (QED) is 0.292. The Kier molecular flexibility index (Phi) is 6.07. The number of rotatable bonds is 4. The Labute approximate surface area is 220 Å². The molecular weight excluding hydrogens is 472 g/mol. The molecule has 0 saturated carbocycles. The molecule has 1 saturated heterocycles. The van der Waals surface area contributed by atoms with E-state index < -0.39 is 0 Å². The maximum absolute atomic E-state index is 14.0. The van der Waals surface area contributed by atoms with Crippen molar-refractivity contribution in [3.8, 4) is 17.9 Å². The van der Waals surface area contributed by atoms with Gasteiger partial charge in [0.15, 0.2) is 0 Å². The molecule has 0 bridgehead atoms. The fourth-order valence-corrected chi connectivity index (χ4v) is 5.71. The van der Waals surface area contributed by atoms with Crippen molar-refractivity contribution in [1.29, 1.82) is 5.26 Å². The molecule has 1 aliphatic heterocycles. The first-order valence-electron chi connectivity index (χ1n) is 12.9. The molecule has 1 atom stereocenters. The number of anilines is 1. The number of hydrogen-bond donors (Lipinski definition) is 1. The Balaban J connectivity index is 1.54. The molecule has 2 aromatic heterocycles. The second-order valence-corrected chi connectivity index (χ2v) is 9.81. The lowest BCUT2D eigenvalue weighted by atomic mass is 9.92. The van der Waals surface area contributed by atoms with Crippen LogP contribution < -0.4 is 16.2 Å². The zero-order chi connectivity index (χ0) is 26.2. The van der Waals surface area contributed by atoms with Crippen molar-refractivity contribution < 1.29 is 0 Å². The number of nitrogens with two attached hydrogens (primary N) is 1. The zero-order valence-electron chi connectivity index (χ0n) is 21.3. The van der Waals surface area contributed by atoms with Gasteiger partial charge in [-0.3, -0.25) is 9.36 Å². The van der Waals surface area contributed by atoms with Crippen LogP contribution in [-0.4, -0.2) is 33.2 Å². The third kappa shape index (κ3) is 3.89. The van der Waals surface area contributed by atoms with Crippen LogP contribution in [0.3, 0.4) is 0 Å². The molecular formula is C31H28N6O. The summed E-state index contributed by atoms with van der Waals surface area (Å²) < 4.78 is 3.61. The van der Waals surface area contributed by atoms with Crippen molar-refractivity contribution in [3.63, 3.8) is 0 Å². The van der Waals surface area contributed by atoms with Gasteiger partial charge in [-0.05, 0) is 47.6 Å². The smallest absolute Gasteiger partial charge is 0.277 e. The number of fused-ring (bicyclic) bond motifs is 4. The van der Waals surface area contributed by atoms with E-state index in [0.717, 1.165) is 52.4 Å². The van der Waals surface area contributed by atoms with E-state index in [4.69, 9.17) is 10.7 Å². The number of imidazole rings is 1. The minimum Gasteiger partial charge on any atom is -0.341 e. The first kappa shape index (κ1) is 23.8. The van der Waals surface area contributed by atoms with Gasteiger partial charge in [0.1, 0.15) is 11.6 Å². The van der Waals surface area contributed by atoms with Gasteiger partial charge < -0.3 is 15.2 Å². The maximum Gasteiger partial charge on any atom is 0.277 e. The molecule has 2 N–H and O–H groups in total. The van der Waals surface area contributed by atoms with Crippen molar-refractivity contribution in [2.75, 3.05) is 18.0 Å². The summed E-state index contributed by atoms with van der Waals surface area (Å²) in [5, 5.41) is 14.2. The van der Waals surface area contributed by atoms with Gasteiger partial charge in [0.05, 0.1) is 24.2 Å². The molecule has 38 heavy (non-hydrogen) atoms. The second kappa shape index (κ2) is 9.70. The average molecular weight is 501 g/mol. The van der Waals surface area contributed by atoms with Gasteiger partial charge in [-0.15, -0.1) is 5.92 Å². The van der Waals surface area contributed by atoms with Crippen LogP contribution in [-0.2, 0) is 13.1 Å². The van der Waals surface area contributed by atoms with Gasteiger partial charge in [-0.2, -0.15) is 5.26 Å². The summed E-state index contributed by atoms with van der Waals surface area (Å²) in [6, 6.07) is 20.4. The zero-order valence-corrected chi connectivity index (χ0v) is 21.3. The van der Waals surface area contributed by atoms with Crippen LogP contribution in [0.5, 0.6) is 0 Å². The highest BCUT2D eigenvalue weighted by atomic mass is 16.1. The number of benzene rings is 3. The molecule has 5 aromatic rings. The van der Waals surface area contributed by atoms with Crippen LogP contribution in [0.4, 0.5) is 5.95 Å². The Hall–Kier alpha value is -4.59. The molecule has 0 amide bonds. The van der Waals surface area contributed by atoms with E-state index in [9.17, 15) is 10.1 Å². The number of nitrogens with zero attached hydrogens (tertiary/aromatic N) is 5. The van der Waals surface area contributed by atoms with Crippen molar-refractivity contribution >= 4 is 38.5 Å². The number of aromatic nitrogens is 3. The second-order valence-electron chi connectivity index (χ2n) is 9.81. The minimum absolute atomic E-state index is 0.0801. The number of nitriles is 1. The van der Waals surface area contributed by atoms with Crippen molar-refractivity contribution in [1.82, 2.24) is 14.1 Å². The van der Waals surface area contributed by atoms with Crippen LogP contribution >= 0.6 is 0 Å². The molecule has 0 spiro atoms. The number of piperidine rings is 1. The van der Waals surface area contributed by atoms with Gasteiger partial charge in [0.2, 0.25) is 5.95 Å². The van der Waals surface area contributed by atoms with Crippen molar-refractivity contribution in [2.24, 2.45) is 5.73 Å². The minimum atomic E-state index is -0.151. The number of hydrogen-bond acceptors (Lipinski definition) is 5. The fraction of sp³-hybridized carbons (Fsp3) is 0.258. The molecule has 1 fully saturated rings. The molecule has 1 aliphatic rings. The van der Waals surface area contributed by atoms with Gasteiger partial charge in [0, 0.05) is 30.7 Å². The third-order valence-electron chi connectivity index (χ3n) is 7.49. The summed E-state index contributed by atoms with van der Waals surface area (Å²) in [5.74, 6) is 6.80. The van der Waals surface area contributed by atoms with Crippen LogP contribution in [0, 0.1) is 23.2 Å². The first-order chi connectivity index (χ1) is 18.6. The van der Waals surface area contributed by atoms with E-state index >= 15 is 0 Å². The highest BCUT2D eigenvalue weighted by Gasteiger charge is 2.24. The van der Waals surface area contributed by atoms with E-state index in [2.05, 4.69) is 28.9 Å². The normalized spacial score (nSPS) is 15.5. The molecule has 3 heterocycles. The Bertz CT molecular complexity index is 1860. The van der Waals surface area contributed by atoms with Gasteiger partial charge in [-0.25, -0.2) is 4.98 Å². The highest BCUT2D eigenvalue weighted by Crippen LogP contribution is 2.33. The van der Waals surface area contributed by atoms with Crippen LogP contribution in [0.25, 0.3) is 32.6 Å². The van der Waals surface area contributed by atoms with Gasteiger partial charge >= 0.3 is 0 Å².